The van der Waals surface area contributed by atoms with Crippen LogP contribution in [0.15, 0.2) is 6.20 Å². The number of aromatic nitrogens is 2. The summed E-state index contributed by atoms with van der Waals surface area (Å²) in [6.45, 7) is 5.58. The third kappa shape index (κ3) is 3.40. The highest BCUT2D eigenvalue weighted by Gasteiger charge is 2.38. The monoisotopic (exact) mass is 279 g/mol. The van der Waals surface area contributed by atoms with Gasteiger partial charge in [-0.1, -0.05) is 0 Å². The fourth-order valence-electron chi connectivity index (χ4n) is 3.28. The smallest absolute Gasteiger partial charge is 0.107 e. The summed E-state index contributed by atoms with van der Waals surface area (Å²) < 4.78 is 11.5. The average Bonchev–Trinajstić information content (AvgIpc) is 2.86. The minimum Gasteiger partial charge on any atom is -0.381 e. The number of ether oxygens (including phenoxy) is 2. The van der Waals surface area contributed by atoms with Gasteiger partial charge in [0.05, 0.1) is 5.60 Å². The highest BCUT2D eigenvalue weighted by molar-refractivity contribution is 4.99. The molecule has 5 nitrogen and oxygen atoms in total. The number of hydrogen-bond donors (Lipinski definition) is 2. The number of aromatic amines is 1. The molecule has 1 atom stereocenters. The molecule has 0 saturated carbocycles. The average molecular weight is 279 g/mol. The van der Waals surface area contributed by atoms with Crippen molar-refractivity contribution in [1.82, 2.24) is 15.3 Å². The number of aryl methyl sites for hydroxylation is 1. The first-order valence-electron chi connectivity index (χ1n) is 7.71. The zero-order valence-corrected chi connectivity index (χ0v) is 12.3. The second-order valence-electron chi connectivity index (χ2n) is 6.05. The maximum atomic E-state index is 6.07. The molecule has 5 heteroatoms. The van der Waals surface area contributed by atoms with Gasteiger partial charge in [0, 0.05) is 50.7 Å². The Morgan fingerprint density at radius 2 is 2.25 bits per heavy atom. The quantitative estimate of drug-likeness (QED) is 0.878. The van der Waals surface area contributed by atoms with Gasteiger partial charge >= 0.3 is 0 Å². The summed E-state index contributed by atoms with van der Waals surface area (Å²) in [4.78, 5) is 7.62. The highest BCUT2D eigenvalue weighted by Crippen LogP contribution is 2.34. The zero-order chi connectivity index (χ0) is 13.8. The third-order valence-corrected chi connectivity index (χ3v) is 4.45. The van der Waals surface area contributed by atoms with Crippen LogP contribution in [0.3, 0.4) is 0 Å². The number of H-pyrrole nitrogens is 1. The molecule has 3 heterocycles. The summed E-state index contributed by atoms with van der Waals surface area (Å²) in [5.74, 6) is 1.07. The Bertz CT molecular complexity index is 421. The molecule has 20 heavy (non-hydrogen) atoms. The molecule has 2 aliphatic heterocycles. The van der Waals surface area contributed by atoms with Gasteiger partial charge in [-0.3, -0.25) is 0 Å². The van der Waals surface area contributed by atoms with Crippen LogP contribution in [-0.2, 0) is 15.9 Å². The van der Waals surface area contributed by atoms with Crippen LogP contribution >= 0.6 is 0 Å². The fourth-order valence-corrected chi connectivity index (χ4v) is 3.28. The Morgan fingerprint density at radius 1 is 1.40 bits per heavy atom. The standard InChI is InChI=1S/C15H25N3O2/c1-12-11-17-14(18-12)2-6-16-13-3-7-20-15(10-13)4-8-19-9-5-15/h11,13,16H,2-10H2,1H3,(H,17,18)/t13-/m1/s1. The minimum atomic E-state index is 0.0788. The van der Waals surface area contributed by atoms with Gasteiger partial charge in [-0.05, 0) is 32.6 Å². The lowest BCUT2D eigenvalue weighted by Gasteiger charge is -2.43. The Kier molecular flexibility index (Phi) is 4.38. The van der Waals surface area contributed by atoms with E-state index in [0.29, 0.717) is 6.04 Å². The second kappa shape index (κ2) is 6.24. The lowest BCUT2D eigenvalue weighted by molar-refractivity contribution is -0.140. The molecule has 0 unspecified atom stereocenters. The molecule has 0 amide bonds. The number of imidazole rings is 1. The normalized spacial score (nSPS) is 25.9. The number of nitrogens with one attached hydrogen (secondary N) is 2. The zero-order valence-electron chi connectivity index (χ0n) is 12.3. The Balaban J connectivity index is 1.45. The molecule has 0 aliphatic carbocycles. The first-order chi connectivity index (χ1) is 9.76. The lowest BCUT2D eigenvalue weighted by Crippen LogP contribution is -2.50. The first kappa shape index (κ1) is 14.0. The maximum absolute atomic E-state index is 6.07. The molecular formula is C15H25N3O2. The molecule has 2 saturated heterocycles. The van der Waals surface area contributed by atoms with E-state index in [1.807, 2.05) is 13.1 Å². The summed E-state index contributed by atoms with van der Waals surface area (Å²) in [6, 6.07) is 0.568. The van der Waals surface area contributed by atoms with Crippen molar-refractivity contribution in [2.75, 3.05) is 26.4 Å². The van der Waals surface area contributed by atoms with E-state index in [1.165, 1.54) is 0 Å². The van der Waals surface area contributed by atoms with Gasteiger partial charge < -0.3 is 19.8 Å². The molecular weight excluding hydrogens is 254 g/mol. The number of rotatable bonds is 4. The van der Waals surface area contributed by atoms with E-state index in [4.69, 9.17) is 9.47 Å². The lowest BCUT2D eigenvalue weighted by atomic mass is 9.84. The van der Waals surface area contributed by atoms with Gasteiger partial charge in [0.1, 0.15) is 5.82 Å². The van der Waals surface area contributed by atoms with Crippen LogP contribution in [0.2, 0.25) is 0 Å². The Labute approximate surface area is 120 Å². The molecule has 0 bridgehead atoms. The van der Waals surface area contributed by atoms with Crippen molar-refractivity contribution in [3.63, 3.8) is 0 Å². The predicted octanol–water partition coefficient (Wildman–Crippen LogP) is 1.58. The maximum Gasteiger partial charge on any atom is 0.107 e. The summed E-state index contributed by atoms with van der Waals surface area (Å²) >= 11 is 0. The van der Waals surface area contributed by atoms with Crippen LogP contribution in [-0.4, -0.2) is 48.0 Å². The van der Waals surface area contributed by atoms with Gasteiger partial charge in [-0.25, -0.2) is 4.98 Å². The van der Waals surface area contributed by atoms with Gasteiger partial charge in [0.15, 0.2) is 0 Å². The molecule has 3 rings (SSSR count). The largest absolute Gasteiger partial charge is 0.381 e. The van der Waals surface area contributed by atoms with Crippen LogP contribution in [0.1, 0.15) is 37.2 Å². The van der Waals surface area contributed by atoms with E-state index in [-0.39, 0.29) is 5.60 Å². The second-order valence-corrected chi connectivity index (χ2v) is 6.05. The molecule has 1 spiro atoms. The van der Waals surface area contributed by atoms with E-state index in [1.54, 1.807) is 0 Å². The highest BCUT2D eigenvalue weighted by atomic mass is 16.5. The van der Waals surface area contributed by atoms with Crippen LogP contribution in [0, 0.1) is 6.92 Å². The third-order valence-electron chi connectivity index (χ3n) is 4.45. The van der Waals surface area contributed by atoms with Crippen LogP contribution in [0.25, 0.3) is 0 Å². The van der Waals surface area contributed by atoms with Crippen molar-refractivity contribution in [3.05, 3.63) is 17.7 Å². The summed E-state index contributed by atoms with van der Waals surface area (Å²) in [5.41, 5.74) is 1.21. The van der Waals surface area contributed by atoms with Crippen LogP contribution in [0.5, 0.6) is 0 Å². The summed E-state index contributed by atoms with van der Waals surface area (Å²) in [6.07, 6.45) is 7.17. The number of nitrogens with zero attached hydrogens (tertiary/aromatic N) is 1. The van der Waals surface area contributed by atoms with E-state index < -0.39 is 0 Å². The van der Waals surface area contributed by atoms with Gasteiger partial charge in [-0.2, -0.15) is 0 Å². The molecule has 112 valence electrons. The Hall–Kier alpha value is -0.910. The topological polar surface area (TPSA) is 59.2 Å². The van der Waals surface area contributed by atoms with E-state index in [2.05, 4.69) is 15.3 Å². The van der Waals surface area contributed by atoms with Crippen molar-refractivity contribution in [3.8, 4) is 0 Å². The SMILES string of the molecule is Cc1cnc(CCN[C@@H]2CCOC3(CCOCC3)C2)[nH]1. The molecule has 2 fully saturated rings. The van der Waals surface area contributed by atoms with Crippen molar-refractivity contribution in [2.45, 2.75) is 50.7 Å². The molecule has 0 radical (unpaired) electrons. The molecule has 1 aromatic heterocycles. The van der Waals surface area contributed by atoms with Crippen molar-refractivity contribution in [2.24, 2.45) is 0 Å². The van der Waals surface area contributed by atoms with E-state index >= 15 is 0 Å². The van der Waals surface area contributed by atoms with Crippen molar-refractivity contribution in [1.29, 1.82) is 0 Å². The summed E-state index contributed by atoms with van der Waals surface area (Å²) in [5, 5.41) is 3.67. The number of hydrogen-bond acceptors (Lipinski definition) is 4. The van der Waals surface area contributed by atoms with E-state index in [0.717, 1.165) is 70.0 Å². The van der Waals surface area contributed by atoms with E-state index in [9.17, 15) is 0 Å². The first-order valence-corrected chi connectivity index (χ1v) is 7.71. The predicted molar refractivity (Wildman–Crippen MR) is 76.8 cm³/mol. The van der Waals surface area contributed by atoms with Crippen LogP contribution < -0.4 is 5.32 Å². The summed E-state index contributed by atoms with van der Waals surface area (Å²) in [7, 11) is 0. The van der Waals surface area contributed by atoms with Gasteiger partial charge in [0.25, 0.3) is 0 Å². The molecule has 2 N–H and O–H groups in total. The minimum absolute atomic E-state index is 0.0788. The van der Waals surface area contributed by atoms with Crippen molar-refractivity contribution < 1.29 is 9.47 Å². The fraction of sp³-hybridized carbons (Fsp3) is 0.800. The Morgan fingerprint density at radius 3 is 3.00 bits per heavy atom. The van der Waals surface area contributed by atoms with Crippen LogP contribution in [0.4, 0.5) is 0 Å². The van der Waals surface area contributed by atoms with Gasteiger partial charge in [-0.15, -0.1) is 0 Å². The molecule has 1 aromatic rings. The van der Waals surface area contributed by atoms with Crippen molar-refractivity contribution >= 4 is 0 Å². The molecule has 0 aromatic carbocycles. The molecule has 2 aliphatic rings. The van der Waals surface area contributed by atoms with Gasteiger partial charge in [0.2, 0.25) is 0 Å².